The predicted octanol–water partition coefficient (Wildman–Crippen LogP) is 5.68. The molecule has 0 atom stereocenters. The number of anilines is 3. The average molecular weight is 413 g/mol. The van der Waals surface area contributed by atoms with Gasteiger partial charge in [-0.25, -0.2) is 14.4 Å². The van der Waals surface area contributed by atoms with Gasteiger partial charge in [-0.1, -0.05) is 11.6 Å². The number of nitrogens with one attached hydrogen (secondary N) is 2. The van der Waals surface area contributed by atoms with Crippen molar-refractivity contribution >= 4 is 51.7 Å². The van der Waals surface area contributed by atoms with Gasteiger partial charge in [0.05, 0.1) is 12.8 Å². The Morgan fingerprint density at radius 1 is 1.19 bits per heavy atom. The fraction of sp³-hybridized carbons (Fsp3) is 0.176. The van der Waals surface area contributed by atoms with Crippen LogP contribution >= 0.6 is 34.5 Å². The molecule has 0 saturated carbocycles. The van der Waals surface area contributed by atoms with Crippen molar-refractivity contribution in [3.63, 3.8) is 0 Å². The van der Waals surface area contributed by atoms with Crippen molar-refractivity contribution in [2.75, 3.05) is 17.7 Å². The molecule has 1 aromatic carbocycles. The maximum absolute atomic E-state index is 13.0. The first kappa shape index (κ1) is 18.7. The highest BCUT2D eigenvalue weighted by Crippen LogP contribution is 2.34. The van der Waals surface area contributed by atoms with E-state index in [1.54, 1.807) is 18.7 Å². The maximum atomic E-state index is 13.0. The first-order valence-corrected chi connectivity index (χ1v) is 9.22. The van der Waals surface area contributed by atoms with E-state index in [4.69, 9.17) is 27.9 Å². The molecule has 0 amide bonds. The molecule has 2 N–H and O–H groups in total. The quantitative estimate of drug-likeness (QED) is 0.488. The van der Waals surface area contributed by atoms with E-state index in [1.807, 2.05) is 24.3 Å². The van der Waals surface area contributed by atoms with Gasteiger partial charge in [-0.15, -0.1) is 11.3 Å². The molecule has 0 unspecified atom stereocenters. The molecule has 2 heterocycles. The van der Waals surface area contributed by atoms with E-state index < -0.39 is 6.67 Å². The Morgan fingerprint density at radius 3 is 2.65 bits per heavy atom. The molecule has 3 aromatic rings. The van der Waals surface area contributed by atoms with Gasteiger partial charge in [-0.05, 0) is 35.9 Å². The summed E-state index contributed by atoms with van der Waals surface area (Å²) in [6.07, 6.45) is 1.61. The Balaban J connectivity index is 1.80. The molecule has 26 heavy (non-hydrogen) atoms. The van der Waals surface area contributed by atoms with Gasteiger partial charge in [0.2, 0.25) is 5.28 Å². The minimum atomic E-state index is -0.584. The van der Waals surface area contributed by atoms with Gasteiger partial charge in [-0.3, -0.25) is 0 Å². The van der Waals surface area contributed by atoms with E-state index in [2.05, 4.69) is 20.6 Å². The maximum Gasteiger partial charge on any atom is 0.224 e. The number of nitrogens with zero attached hydrogens (tertiary/aromatic N) is 2. The van der Waals surface area contributed by atoms with Gasteiger partial charge >= 0.3 is 0 Å². The predicted molar refractivity (Wildman–Crippen MR) is 105 cm³/mol. The zero-order valence-corrected chi connectivity index (χ0v) is 16.1. The largest absolute Gasteiger partial charge is 0.497 e. The smallest absolute Gasteiger partial charge is 0.224 e. The lowest BCUT2D eigenvalue weighted by Gasteiger charge is -2.13. The Bertz CT molecular complexity index is 889. The standard InChI is InChI=1S/C17H15Cl2FN4OS/c1-25-13-4-2-12(3-5-13)23-16-11(8-22-17(19)24-16)7-21-14-10(6-20)9-26-15(14)18/h2-5,8-9,21H,6-7H2,1H3,(H,22,23,24). The fourth-order valence-electron chi connectivity index (χ4n) is 2.27. The monoisotopic (exact) mass is 412 g/mol. The number of ether oxygens (including phenoxy) is 1. The van der Waals surface area contributed by atoms with Crippen LogP contribution in [0.3, 0.4) is 0 Å². The molecule has 0 radical (unpaired) electrons. The van der Waals surface area contributed by atoms with Crippen molar-refractivity contribution in [1.82, 2.24) is 9.97 Å². The first-order chi connectivity index (χ1) is 12.6. The number of rotatable bonds is 7. The van der Waals surface area contributed by atoms with Crippen LogP contribution in [0, 0.1) is 0 Å². The molecule has 136 valence electrons. The molecule has 0 bridgehead atoms. The van der Waals surface area contributed by atoms with Crippen molar-refractivity contribution in [2.45, 2.75) is 13.2 Å². The number of halogens is 3. The number of alkyl halides is 1. The average Bonchev–Trinajstić information content (AvgIpc) is 3.01. The van der Waals surface area contributed by atoms with Crippen LogP contribution in [0.2, 0.25) is 9.62 Å². The first-order valence-electron chi connectivity index (χ1n) is 7.59. The summed E-state index contributed by atoms with van der Waals surface area (Å²) in [6, 6.07) is 7.40. The SMILES string of the molecule is COc1ccc(Nc2nc(Cl)ncc2CNc2c(CF)csc2Cl)cc1. The second kappa shape index (κ2) is 8.53. The molecule has 9 heteroatoms. The summed E-state index contributed by atoms with van der Waals surface area (Å²) in [5.41, 5.74) is 2.70. The molecule has 0 spiro atoms. The molecule has 0 saturated heterocycles. The summed E-state index contributed by atoms with van der Waals surface area (Å²) in [5, 5.41) is 8.17. The minimum absolute atomic E-state index is 0.128. The van der Waals surface area contributed by atoms with E-state index >= 15 is 0 Å². The van der Waals surface area contributed by atoms with Crippen molar-refractivity contribution in [2.24, 2.45) is 0 Å². The third-order valence-electron chi connectivity index (χ3n) is 3.61. The number of hydrogen-bond acceptors (Lipinski definition) is 6. The summed E-state index contributed by atoms with van der Waals surface area (Å²) in [4.78, 5) is 8.27. The highest BCUT2D eigenvalue weighted by Gasteiger charge is 2.12. The third kappa shape index (κ3) is 4.35. The normalized spacial score (nSPS) is 10.6. The molecule has 0 aliphatic heterocycles. The Labute approximate surface area is 164 Å². The summed E-state index contributed by atoms with van der Waals surface area (Å²) in [6.45, 7) is -0.223. The molecule has 5 nitrogen and oxygen atoms in total. The van der Waals surface area contributed by atoms with Crippen LogP contribution in [-0.2, 0) is 13.2 Å². The van der Waals surface area contributed by atoms with Crippen LogP contribution in [0.1, 0.15) is 11.1 Å². The second-order valence-corrected chi connectivity index (χ2v) is 7.08. The van der Waals surface area contributed by atoms with E-state index in [0.717, 1.165) is 17.0 Å². The lowest BCUT2D eigenvalue weighted by molar-refractivity contribution is 0.415. The van der Waals surface area contributed by atoms with Crippen LogP contribution in [0.25, 0.3) is 0 Å². The molecular weight excluding hydrogens is 398 g/mol. The van der Waals surface area contributed by atoms with E-state index in [1.165, 1.54) is 11.3 Å². The Morgan fingerprint density at radius 2 is 1.96 bits per heavy atom. The van der Waals surface area contributed by atoms with Gasteiger partial charge in [0.1, 0.15) is 22.6 Å². The summed E-state index contributed by atoms with van der Waals surface area (Å²) < 4.78 is 18.7. The van der Waals surface area contributed by atoms with Crippen LogP contribution in [-0.4, -0.2) is 17.1 Å². The van der Waals surface area contributed by atoms with E-state index in [0.29, 0.717) is 27.9 Å². The van der Waals surface area contributed by atoms with Crippen molar-refractivity contribution < 1.29 is 9.13 Å². The Hall–Kier alpha value is -2.09. The number of aromatic nitrogens is 2. The van der Waals surface area contributed by atoms with Gasteiger partial charge in [0.15, 0.2) is 0 Å². The zero-order valence-electron chi connectivity index (χ0n) is 13.7. The molecular formula is C17H15Cl2FN4OS. The van der Waals surface area contributed by atoms with Crippen LogP contribution in [0.15, 0.2) is 35.8 Å². The number of benzene rings is 1. The van der Waals surface area contributed by atoms with Gasteiger partial charge in [-0.2, -0.15) is 0 Å². The van der Waals surface area contributed by atoms with Crippen molar-refractivity contribution in [1.29, 1.82) is 0 Å². The number of methoxy groups -OCH3 is 1. The lowest BCUT2D eigenvalue weighted by atomic mass is 10.2. The van der Waals surface area contributed by atoms with Crippen molar-refractivity contribution in [3.8, 4) is 5.75 Å². The number of thiophene rings is 1. The van der Waals surface area contributed by atoms with Crippen LogP contribution in [0.4, 0.5) is 21.6 Å². The van der Waals surface area contributed by atoms with Gasteiger partial charge in [0, 0.05) is 34.9 Å². The van der Waals surface area contributed by atoms with Gasteiger partial charge < -0.3 is 15.4 Å². The summed E-state index contributed by atoms with van der Waals surface area (Å²) >= 11 is 13.3. The summed E-state index contributed by atoms with van der Waals surface area (Å²) in [7, 11) is 1.61. The summed E-state index contributed by atoms with van der Waals surface area (Å²) in [5.74, 6) is 1.31. The lowest BCUT2D eigenvalue weighted by Crippen LogP contribution is -2.07. The third-order valence-corrected chi connectivity index (χ3v) is 5.06. The fourth-order valence-corrected chi connectivity index (χ4v) is 3.47. The molecule has 0 aliphatic carbocycles. The zero-order chi connectivity index (χ0) is 18.5. The molecule has 3 rings (SSSR count). The topological polar surface area (TPSA) is 59.1 Å². The number of hydrogen-bond donors (Lipinski definition) is 2. The highest BCUT2D eigenvalue weighted by molar-refractivity contribution is 7.15. The molecule has 0 aliphatic rings. The highest BCUT2D eigenvalue weighted by atomic mass is 35.5. The minimum Gasteiger partial charge on any atom is -0.497 e. The molecule has 0 fully saturated rings. The van der Waals surface area contributed by atoms with Crippen LogP contribution < -0.4 is 15.4 Å². The Kier molecular flexibility index (Phi) is 6.13. The van der Waals surface area contributed by atoms with Gasteiger partial charge in [0.25, 0.3) is 0 Å². The van der Waals surface area contributed by atoms with E-state index in [-0.39, 0.29) is 5.28 Å². The van der Waals surface area contributed by atoms with E-state index in [9.17, 15) is 4.39 Å². The van der Waals surface area contributed by atoms with Crippen molar-refractivity contribution in [3.05, 3.63) is 56.6 Å². The second-order valence-electron chi connectivity index (χ2n) is 5.26. The van der Waals surface area contributed by atoms with Crippen LogP contribution in [0.5, 0.6) is 5.75 Å². The molecule has 2 aromatic heterocycles.